The van der Waals surface area contributed by atoms with Crippen molar-refractivity contribution in [2.24, 2.45) is 5.41 Å². The van der Waals surface area contributed by atoms with Crippen molar-refractivity contribution in [1.82, 2.24) is 0 Å². The molecular weight excluding hydrogens is 264 g/mol. The number of hydrogen-bond acceptors (Lipinski definition) is 3. The third-order valence-corrected chi connectivity index (χ3v) is 5.89. The minimum absolute atomic E-state index is 0.261. The van der Waals surface area contributed by atoms with Gasteiger partial charge in [-0.1, -0.05) is 46.4 Å². The summed E-state index contributed by atoms with van der Waals surface area (Å²) in [7, 11) is 0. The van der Waals surface area contributed by atoms with Crippen molar-refractivity contribution in [3.8, 4) is 0 Å². The minimum atomic E-state index is -1.28. The smallest absolute Gasteiger partial charge is 0.259 e. The highest BCUT2D eigenvalue weighted by Crippen LogP contribution is 2.36. The molecule has 0 aromatic carbocycles. The highest BCUT2D eigenvalue weighted by molar-refractivity contribution is 8.04. The maximum absolute atomic E-state index is 12.6. The molecule has 1 radical (unpaired) electrons. The molecule has 0 fully saturated rings. The lowest BCUT2D eigenvalue weighted by molar-refractivity contribution is -0.150. The molecule has 0 saturated heterocycles. The lowest BCUT2D eigenvalue weighted by Crippen LogP contribution is -2.33. The van der Waals surface area contributed by atoms with Crippen LogP contribution in [0.15, 0.2) is 0 Å². The number of thioether (sulfide) groups is 2. The van der Waals surface area contributed by atoms with E-state index in [1.807, 2.05) is 6.92 Å². The molecule has 0 aliphatic carbocycles. The van der Waals surface area contributed by atoms with Gasteiger partial charge in [0, 0.05) is 11.9 Å². The summed E-state index contributed by atoms with van der Waals surface area (Å²) >= 11 is 3.18. The molecule has 0 aliphatic rings. The molecular formula is C14H29O2S2. The molecule has 0 amide bonds. The Hall–Kier alpha value is 0.620. The van der Waals surface area contributed by atoms with Crippen molar-refractivity contribution in [2.75, 3.05) is 18.1 Å². The zero-order chi connectivity index (χ0) is 14.2. The molecule has 0 spiro atoms. The van der Waals surface area contributed by atoms with Crippen LogP contribution in [-0.2, 0) is 9.84 Å². The summed E-state index contributed by atoms with van der Waals surface area (Å²) in [6.07, 6.45) is 2.06. The van der Waals surface area contributed by atoms with Gasteiger partial charge in [-0.3, -0.25) is 0 Å². The van der Waals surface area contributed by atoms with Gasteiger partial charge in [-0.25, -0.2) is 0 Å². The maximum atomic E-state index is 12.6. The van der Waals surface area contributed by atoms with Crippen molar-refractivity contribution in [2.45, 2.75) is 64.8 Å². The molecule has 0 N–H and O–H groups in total. The normalized spacial score (nSPS) is 16.0. The van der Waals surface area contributed by atoms with Gasteiger partial charge in [0.2, 0.25) is 0 Å². The molecule has 109 valence electrons. The molecule has 0 aromatic rings. The molecule has 0 bridgehead atoms. The van der Waals surface area contributed by atoms with E-state index in [0.717, 1.165) is 18.6 Å². The summed E-state index contributed by atoms with van der Waals surface area (Å²) in [4.78, 5) is 0. The van der Waals surface area contributed by atoms with E-state index in [2.05, 4.69) is 34.6 Å². The van der Waals surface area contributed by atoms with Crippen molar-refractivity contribution >= 4 is 23.5 Å². The topological polar surface area (TPSA) is 29.1 Å². The van der Waals surface area contributed by atoms with E-state index in [1.54, 1.807) is 11.8 Å². The summed E-state index contributed by atoms with van der Waals surface area (Å²) in [6.45, 7) is 13.2. The van der Waals surface area contributed by atoms with Crippen LogP contribution in [0.25, 0.3) is 0 Å². The van der Waals surface area contributed by atoms with Gasteiger partial charge in [0.1, 0.15) is 0 Å². The standard InChI is InChI=1S/C14H29O2S2/c1-7-12(8-2)18-14(15,16-9-3)11-17-10-13(4,5)6/h12H,7-11H2,1-6H3. The van der Waals surface area contributed by atoms with Crippen molar-refractivity contribution in [1.29, 1.82) is 0 Å². The van der Waals surface area contributed by atoms with E-state index in [4.69, 9.17) is 4.74 Å². The Morgan fingerprint density at radius 2 is 1.61 bits per heavy atom. The van der Waals surface area contributed by atoms with Crippen LogP contribution in [-0.4, -0.2) is 28.5 Å². The Kier molecular flexibility index (Phi) is 9.02. The summed E-state index contributed by atoms with van der Waals surface area (Å²) in [6, 6.07) is 0. The van der Waals surface area contributed by atoms with Crippen LogP contribution in [0.3, 0.4) is 0 Å². The first-order chi connectivity index (χ1) is 8.26. The van der Waals surface area contributed by atoms with Gasteiger partial charge < -0.3 is 4.74 Å². The van der Waals surface area contributed by atoms with Crippen LogP contribution in [0.1, 0.15) is 54.4 Å². The van der Waals surface area contributed by atoms with Gasteiger partial charge in [-0.05, 0) is 30.9 Å². The number of hydrogen-bond donors (Lipinski definition) is 0. The van der Waals surface area contributed by atoms with Crippen LogP contribution in [0, 0.1) is 5.41 Å². The highest BCUT2D eigenvalue weighted by atomic mass is 32.2. The SMILES string of the molecule is CCOC([O])(CSCC(C)(C)C)SC(CC)CC. The highest BCUT2D eigenvalue weighted by Gasteiger charge is 2.33. The van der Waals surface area contributed by atoms with Crippen LogP contribution in [0.2, 0.25) is 0 Å². The summed E-state index contributed by atoms with van der Waals surface area (Å²) < 4.78 is 5.46. The molecule has 1 atom stereocenters. The van der Waals surface area contributed by atoms with E-state index in [0.29, 0.717) is 17.6 Å². The molecule has 18 heavy (non-hydrogen) atoms. The van der Waals surface area contributed by atoms with E-state index in [1.165, 1.54) is 11.8 Å². The largest absolute Gasteiger partial charge is 0.339 e. The molecule has 0 heterocycles. The predicted octanol–water partition coefficient (Wildman–Crippen LogP) is 4.81. The Morgan fingerprint density at radius 1 is 1.06 bits per heavy atom. The second kappa shape index (κ2) is 8.72. The summed E-state index contributed by atoms with van der Waals surface area (Å²) in [5, 5.41) is 11.8. The number of rotatable bonds is 9. The van der Waals surface area contributed by atoms with Crippen LogP contribution in [0.5, 0.6) is 0 Å². The quantitative estimate of drug-likeness (QED) is 0.571. The van der Waals surface area contributed by atoms with Crippen molar-refractivity contribution in [3.63, 3.8) is 0 Å². The Labute approximate surface area is 122 Å². The Balaban J connectivity index is 4.32. The van der Waals surface area contributed by atoms with E-state index in [9.17, 15) is 5.11 Å². The fourth-order valence-electron chi connectivity index (χ4n) is 1.52. The van der Waals surface area contributed by atoms with Gasteiger partial charge in [0.05, 0.1) is 5.75 Å². The average molecular weight is 294 g/mol. The second-order valence-corrected chi connectivity index (χ2v) is 8.24. The van der Waals surface area contributed by atoms with Gasteiger partial charge in [0.15, 0.2) is 0 Å². The second-order valence-electron chi connectivity index (χ2n) is 5.73. The van der Waals surface area contributed by atoms with Crippen LogP contribution >= 0.6 is 23.5 Å². The lowest BCUT2D eigenvalue weighted by Gasteiger charge is -2.29. The number of ether oxygens (including phenoxy) is 1. The van der Waals surface area contributed by atoms with Gasteiger partial charge in [0.25, 0.3) is 5.12 Å². The maximum Gasteiger partial charge on any atom is 0.259 e. The fourth-order valence-corrected chi connectivity index (χ4v) is 4.12. The average Bonchev–Trinajstić information content (AvgIpc) is 2.24. The Bertz CT molecular complexity index is 212. The fraction of sp³-hybridized carbons (Fsp3) is 1.00. The van der Waals surface area contributed by atoms with E-state index < -0.39 is 5.12 Å². The first-order valence-electron chi connectivity index (χ1n) is 6.86. The molecule has 0 rings (SSSR count). The van der Waals surface area contributed by atoms with Crippen molar-refractivity contribution < 1.29 is 9.84 Å². The van der Waals surface area contributed by atoms with E-state index in [-0.39, 0.29) is 5.41 Å². The molecule has 0 saturated carbocycles. The Morgan fingerprint density at radius 3 is 2.00 bits per heavy atom. The summed E-state index contributed by atoms with van der Waals surface area (Å²) in [5.74, 6) is 1.52. The molecule has 0 aromatic heterocycles. The zero-order valence-electron chi connectivity index (χ0n) is 12.7. The third-order valence-electron chi connectivity index (χ3n) is 2.44. The van der Waals surface area contributed by atoms with Crippen LogP contribution < -0.4 is 0 Å². The van der Waals surface area contributed by atoms with Crippen molar-refractivity contribution in [3.05, 3.63) is 0 Å². The van der Waals surface area contributed by atoms with Gasteiger partial charge >= 0.3 is 0 Å². The summed E-state index contributed by atoms with van der Waals surface area (Å²) in [5.41, 5.74) is 0.261. The minimum Gasteiger partial charge on any atom is -0.339 e. The van der Waals surface area contributed by atoms with Gasteiger partial charge in [-0.15, -0.1) is 0 Å². The molecule has 0 aliphatic heterocycles. The van der Waals surface area contributed by atoms with Crippen LogP contribution in [0.4, 0.5) is 0 Å². The first-order valence-corrected chi connectivity index (χ1v) is 8.89. The third kappa shape index (κ3) is 8.68. The monoisotopic (exact) mass is 293 g/mol. The zero-order valence-corrected chi connectivity index (χ0v) is 14.4. The molecule has 2 nitrogen and oxygen atoms in total. The lowest BCUT2D eigenvalue weighted by atomic mass is 10.0. The molecule has 1 unspecified atom stereocenters. The van der Waals surface area contributed by atoms with E-state index >= 15 is 0 Å². The van der Waals surface area contributed by atoms with Gasteiger partial charge in [-0.2, -0.15) is 16.9 Å². The predicted molar refractivity (Wildman–Crippen MR) is 83.8 cm³/mol. The first kappa shape index (κ1) is 18.6. The molecule has 4 heteroatoms.